The number of piperidine rings is 1. The molecule has 0 spiro atoms. The van der Waals surface area contributed by atoms with Crippen LogP contribution in [-0.2, 0) is 10.0 Å². The van der Waals surface area contributed by atoms with E-state index in [0.717, 1.165) is 35.2 Å². The number of halogens is 3. The molecule has 1 aliphatic heterocycles. The Bertz CT molecular complexity index is 1580. The highest BCUT2D eigenvalue weighted by molar-refractivity contribution is 7.93. The van der Waals surface area contributed by atoms with Gasteiger partial charge in [-0.3, -0.25) is 9.29 Å². The van der Waals surface area contributed by atoms with Gasteiger partial charge < -0.3 is 14.7 Å². The summed E-state index contributed by atoms with van der Waals surface area (Å²) in [5, 5.41) is 17.0. The van der Waals surface area contributed by atoms with Crippen LogP contribution in [0.15, 0.2) is 48.8 Å². The van der Waals surface area contributed by atoms with Gasteiger partial charge in [0.05, 0.1) is 25.6 Å². The summed E-state index contributed by atoms with van der Waals surface area (Å²) in [4.78, 5) is 13.3. The summed E-state index contributed by atoms with van der Waals surface area (Å²) in [5.74, 6) is -3.16. The van der Waals surface area contributed by atoms with Crippen LogP contribution in [0.3, 0.4) is 0 Å². The van der Waals surface area contributed by atoms with Gasteiger partial charge in [0.1, 0.15) is 28.3 Å². The molecule has 204 valence electrons. The summed E-state index contributed by atoms with van der Waals surface area (Å²) in [7, 11) is -2.97. The Morgan fingerprint density at radius 3 is 2.41 bits per heavy atom. The van der Waals surface area contributed by atoms with E-state index < -0.39 is 50.5 Å². The average molecular weight is 563 g/mol. The Morgan fingerprint density at radius 1 is 1.03 bits per heavy atom. The fourth-order valence-corrected chi connectivity index (χ4v) is 5.58. The molecule has 4 aromatic rings. The van der Waals surface area contributed by atoms with Crippen LogP contribution in [0.2, 0.25) is 0 Å². The van der Waals surface area contributed by atoms with Crippen LogP contribution in [0, 0.1) is 17.5 Å². The summed E-state index contributed by atoms with van der Waals surface area (Å²) in [5.41, 5.74) is -0.535. The molecular formula is C23H21F3N8O4S. The number of aliphatic hydroxyl groups is 1. The number of pyridine rings is 1. The Labute approximate surface area is 220 Å². The molecule has 2 atom stereocenters. The number of sulfonamides is 1. The molecule has 0 bridgehead atoms. The number of β-amino-alcohol motifs (C(OH)–C–C–N with tert-alkyl or cyclic N) is 1. The first kappa shape index (κ1) is 26.3. The second kappa shape index (κ2) is 10.5. The van der Waals surface area contributed by atoms with Crippen molar-refractivity contribution in [3.63, 3.8) is 0 Å². The summed E-state index contributed by atoms with van der Waals surface area (Å²) in [6.07, 6.45) is 0.585. The Morgan fingerprint density at radius 2 is 1.72 bits per heavy atom. The van der Waals surface area contributed by atoms with Gasteiger partial charge in [0.15, 0.2) is 11.6 Å². The predicted molar refractivity (Wildman–Crippen MR) is 132 cm³/mol. The summed E-state index contributed by atoms with van der Waals surface area (Å²) < 4.78 is 78.3. The lowest BCUT2D eigenvalue weighted by Gasteiger charge is -2.35. The van der Waals surface area contributed by atoms with Crippen LogP contribution in [0.25, 0.3) is 17.2 Å². The smallest absolute Gasteiger partial charge is 0.243 e. The van der Waals surface area contributed by atoms with E-state index in [1.165, 1.54) is 18.1 Å². The number of nitrogens with zero attached hydrogens (tertiary/aromatic N) is 7. The number of para-hydroxylation sites is 1. The van der Waals surface area contributed by atoms with Crippen LogP contribution >= 0.6 is 0 Å². The van der Waals surface area contributed by atoms with Crippen molar-refractivity contribution in [2.24, 2.45) is 0 Å². The van der Waals surface area contributed by atoms with E-state index in [9.17, 15) is 26.7 Å². The quantitative estimate of drug-likeness (QED) is 0.342. The molecule has 1 aliphatic rings. The number of hydrogen-bond donors (Lipinski definition) is 2. The maximum absolute atomic E-state index is 14.9. The Balaban J connectivity index is 1.54. The third-order valence-electron chi connectivity index (χ3n) is 5.94. The summed E-state index contributed by atoms with van der Waals surface area (Å²) >= 11 is 0. The lowest BCUT2D eigenvalue weighted by Crippen LogP contribution is -2.50. The van der Waals surface area contributed by atoms with E-state index in [4.69, 9.17) is 4.74 Å². The van der Waals surface area contributed by atoms with Gasteiger partial charge in [0.2, 0.25) is 27.8 Å². The minimum atomic E-state index is -4.35. The Kier molecular flexibility index (Phi) is 7.05. The van der Waals surface area contributed by atoms with Gasteiger partial charge in [-0.2, -0.15) is 0 Å². The molecular weight excluding hydrogens is 541 g/mol. The molecule has 1 saturated heterocycles. The van der Waals surface area contributed by atoms with E-state index in [-0.39, 0.29) is 42.9 Å². The largest absolute Gasteiger partial charge is 0.481 e. The molecule has 0 saturated carbocycles. The number of hydrogen-bond acceptors (Lipinski definition) is 10. The molecule has 0 amide bonds. The number of ether oxygens (including phenoxy) is 1. The van der Waals surface area contributed by atoms with Crippen molar-refractivity contribution in [1.82, 2.24) is 29.7 Å². The van der Waals surface area contributed by atoms with E-state index in [2.05, 4.69) is 29.9 Å². The van der Waals surface area contributed by atoms with Gasteiger partial charge in [-0.05, 0) is 24.6 Å². The lowest BCUT2D eigenvalue weighted by atomic mass is 10.1. The third-order valence-corrected chi connectivity index (χ3v) is 7.62. The van der Waals surface area contributed by atoms with Crippen molar-refractivity contribution in [2.45, 2.75) is 17.8 Å². The molecule has 3 aromatic heterocycles. The van der Waals surface area contributed by atoms with Crippen LogP contribution in [0.4, 0.5) is 25.1 Å². The topological polar surface area (TPSA) is 148 Å². The number of rotatable bonds is 7. The molecule has 12 nitrogen and oxygen atoms in total. The SMILES string of the molecule is COc1cccc(-c2nnc(NS(=O)(=O)C3CC(O)CN(c4ncc(F)cn4)C3)n2-c2c(F)cccc2F)n1. The van der Waals surface area contributed by atoms with Crippen molar-refractivity contribution in [1.29, 1.82) is 0 Å². The van der Waals surface area contributed by atoms with Gasteiger partial charge in [-0.15, -0.1) is 10.2 Å². The molecule has 39 heavy (non-hydrogen) atoms. The van der Waals surface area contributed by atoms with Gasteiger partial charge >= 0.3 is 0 Å². The normalized spacial score (nSPS) is 17.7. The molecule has 1 aromatic carbocycles. The number of aromatic nitrogens is 6. The summed E-state index contributed by atoms with van der Waals surface area (Å²) in [6, 6.07) is 7.74. The second-order valence-corrected chi connectivity index (χ2v) is 10.5. The lowest BCUT2D eigenvalue weighted by molar-refractivity contribution is 0.154. The molecule has 2 N–H and O–H groups in total. The molecule has 2 unspecified atom stereocenters. The molecule has 16 heteroatoms. The van der Waals surface area contributed by atoms with E-state index >= 15 is 0 Å². The van der Waals surface area contributed by atoms with Gasteiger partial charge in [-0.25, -0.2) is 36.5 Å². The fourth-order valence-electron chi connectivity index (χ4n) is 4.18. The van der Waals surface area contributed by atoms with E-state index in [1.54, 1.807) is 12.1 Å². The number of benzene rings is 1. The van der Waals surface area contributed by atoms with Gasteiger partial charge in [-0.1, -0.05) is 12.1 Å². The zero-order valence-electron chi connectivity index (χ0n) is 20.2. The van der Waals surface area contributed by atoms with Crippen molar-refractivity contribution < 1.29 is 31.4 Å². The van der Waals surface area contributed by atoms with Gasteiger partial charge in [0, 0.05) is 19.2 Å². The van der Waals surface area contributed by atoms with Crippen LogP contribution < -0.4 is 14.4 Å². The molecule has 0 aliphatic carbocycles. The maximum atomic E-state index is 14.9. The van der Waals surface area contributed by atoms with E-state index in [0.29, 0.717) is 0 Å². The van der Waals surface area contributed by atoms with Crippen molar-refractivity contribution in [3.05, 3.63) is 66.2 Å². The highest BCUT2D eigenvalue weighted by atomic mass is 32.2. The highest BCUT2D eigenvalue weighted by Gasteiger charge is 2.37. The number of nitrogens with one attached hydrogen (secondary N) is 1. The zero-order valence-corrected chi connectivity index (χ0v) is 21.1. The number of anilines is 2. The van der Waals surface area contributed by atoms with Crippen LogP contribution in [0.1, 0.15) is 6.42 Å². The first-order valence-electron chi connectivity index (χ1n) is 11.5. The minimum absolute atomic E-state index is 0.0138. The average Bonchev–Trinajstić information content (AvgIpc) is 3.31. The minimum Gasteiger partial charge on any atom is -0.481 e. The summed E-state index contributed by atoms with van der Waals surface area (Å²) in [6.45, 7) is -0.148. The highest BCUT2D eigenvalue weighted by Crippen LogP contribution is 2.30. The second-order valence-electron chi connectivity index (χ2n) is 8.58. The Hall–Kier alpha value is -4.31. The number of methoxy groups -OCH3 is 1. The number of aliphatic hydroxyl groups excluding tert-OH is 1. The van der Waals surface area contributed by atoms with Crippen molar-refractivity contribution in [3.8, 4) is 23.1 Å². The third kappa shape index (κ3) is 5.33. The molecule has 1 fully saturated rings. The molecule has 4 heterocycles. The van der Waals surface area contributed by atoms with Crippen LogP contribution in [-0.4, -0.2) is 74.8 Å². The molecule has 5 rings (SSSR count). The zero-order chi connectivity index (χ0) is 27.7. The van der Waals surface area contributed by atoms with Gasteiger partial charge in [0.25, 0.3) is 0 Å². The monoisotopic (exact) mass is 562 g/mol. The standard InChI is InChI=1S/C23H21F3N8O4S/c1-38-19-7-3-6-18(29-19)21-30-31-23(34(21)20-16(25)4-2-5-17(20)26)32-39(36,37)15-8-14(35)11-33(12-15)22-27-9-13(24)10-28-22/h2-7,9-10,14-15,35H,8,11-12H2,1H3,(H,31,32). The maximum Gasteiger partial charge on any atom is 0.243 e. The van der Waals surface area contributed by atoms with Crippen molar-refractivity contribution in [2.75, 3.05) is 29.8 Å². The first-order valence-corrected chi connectivity index (χ1v) is 13.0. The van der Waals surface area contributed by atoms with Crippen molar-refractivity contribution >= 4 is 21.9 Å². The fraction of sp³-hybridized carbons (Fsp3) is 0.261. The van der Waals surface area contributed by atoms with E-state index in [1.807, 2.05) is 0 Å². The predicted octanol–water partition coefficient (Wildman–Crippen LogP) is 1.93. The first-order chi connectivity index (χ1) is 18.7. The van der Waals surface area contributed by atoms with Crippen LogP contribution in [0.5, 0.6) is 5.88 Å². The molecule has 0 radical (unpaired) electrons.